The predicted molar refractivity (Wildman–Crippen MR) is 53.0 cm³/mol. The van der Waals surface area contributed by atoms with Gasteiger partial charge in [-0.2, -0.15) is 4.39 Å². The first kappa shape index (κ1) is 10.1. The van der Waals surface area contributed by atoms with Crippen LogP contribution in [0, 0.1) is 15.9 Å². The number of nitrogens with zero attached hydrogens (tertiary/aromatic N) is 2. The summed E-state index contributed by atoms with van der Waals surface area (Å²) in [6.07, 6.45) is 0. The number of hydrogen-bond acceptors (Lipinski definition) is 5. The number of rotatable bonds is 2. The Labute approximate surface area is 88.6 Å². The van der Waals surface area contributed by atoms with E-state index in [9.17, 15) is 14.5 Å². The van der Waals surface area contributed by atoms with Crippen LogP contribution in [0.2, 0.25) is 0 Å². The second-order valence-corrected chi connectivity index (χ2v) is 3.01. The quantitative estimate of drug-likeness (QED) is 0.620. The molecule has 1 aromatic carbocycles. The Balaban J connectivity index is 2.58. The zero-order chi connectivity index (χ0) is 11.7. The van der Waals surface area contributed by atoms with Crippen molar-refractivity contribution in [2.75, 3.05) is 5.73 Å². The molecule has 0 saturated heterocycles. The van der Waals surface area contributed by atoms with Crippen LogP contribution in [0.15, 0.2) is 28.8 Å². The fourth-order valence-electron chi connectivity index (χ4n) is 1.27. The summed E-state index contributed by atoms with van der Waals surface area (Å²) in [4.78, 5) is 9.70. The van der Waals surface area contributed by atoms with Gasteiger partial charge in [-0.1, -0.05) is 11.2 Å². The maximum atomic E-state index is 13.7. The van der Waals surface area contributed by atoms with Gasteiger partial charge in [0.2, 0.25) is 11.7 Å². The van der Waals surface area contributed by atoms with E-state index in [1.54, 1.807) is 0 Å². The van der Waals surface area contributed by atoms with E-state index in [0.717, 1.165) is 6.07 Å². The molecular formula is C9H6FN3O3. The average Bonchev–Trinajstić information content (AvgIpc) is 2.64. The minimum atomic E-state index is -0.958. The molecule has 2 N–H and O–H groups in total. The van der Waals surface area contributed by atoms with Crippen molar-refractivity contribution in [2.24, 2.45) is 0 Å². The molecule has 82 valence electrons. The van der Waals surface area contributed by atoms with Gasteiger partial charge in [-0.05, 0) is 6.07 Å². The van der Waals surface area contributed by atoms with Gasteiger partial charge in [0.25, 0.3) is 0 Å². The van der Waals surface area contributed by atoms with Crippen LogP contribution in [0.25, 0.3) is 11.3 Å². The molecule has 0 amide bonds. The Bertz CT molecular complexity index is 553. The lowest BCUT2D eigenvalue weighted by atomic mass is 10.1. The number of nitro groups is 1. The molecule has 7 heteroatoms. The highest BCUT2D eigenvalue weighted by atomic mass is 19.1. The van der Waals surface area contributed by atoms with Crippen molar-refractivity contribution in [3.05, 3.63) is 40.2 Å². The molecule has 0 saturated carbocycles. The van der Waals surface area contributed by atoms with Gasteiger partial charge in [-0.3, -0.25) is 10.1 Å². The average molecular weight is 223 g/mol. The molecule has 6 nitrogen and oxygen atoms in total. The molecular weight excluding hydrogens is 217 g/mol. The SMILES string of the molecule is Nc1cc(-c2cccc([N+](=O)[O-])c2F)no1. The van der Waals surface area contributed by atoms with Crippen LogP contribution in [0.3, 0.4) is 0 Å². The summed E-state index contributed by atoms with van der Waals surface area (Å²) in [5.74, 6) is -0.943. The minimum absolute atomic E-state index is 0.0147. The molecule has 1 heterocycles. The van der Waals surface area contributed by atoms with Crippen LogP contribution < -0.4 is 5.73 Å². The number of nitro benzene ring substituents is 1. The highest BCUT2D eigenvalue weighted by Crippen LogP contribution is 2.28. The van der Waals surface area contributed by atoms with E-state index < -0.39 is 16.4 Å². The van der Waals surface area contributed by atoms with Crippen molar-refractivity contribution >= 4 is 11.6 Å². The Morgan fingerprint density at radius 1 is 1.50 bits per heavy atom. The van der Waals surface area contributed by atoms with E-state index in [-0.39, 0.29) is 17.1 Å². The van der Waals surface area contributed by atoms with Crippen LogP contribution in [0.1, 0.15) is 0 Å². The molecule has 0 aliphatic heterocycles. The molecule has 0 spiro atoms. The molecule has 1 aromatic heterocycles. The molecule has 0 atom stereocenters. The normalized spacial score (nSPS) is 10.3. The van der Waals surface area contributed by atoms with Gasteiger partial charge in [0, 0.05) is 17.7 Å². The maximum absolute atomic E-state index is 13.7. The summed E-state index contributed by atoms with van der Waals surface area (Å²) in [6.45, 7) is 0. The molecule has 0 aliphatic carbocycles. The Morgan fingerprint density at radius 3 is 2.81 bits per heavy atom. The largest absolute Gasteiger partial charge is 0.368 e. The number of halogens is 1. The first-order valence-electron chi connectivity index (χ1n) is 4.25. The summed E-state index contributed by atoms with van der Waals surface area (Å²) in [6, 6.07) is 5.09. The van der Waals surface area contributed by atoms with Crippen LogP contribution in [0.4, 0.5) is 16.0 Å². The van der Waals surface area contributed by atoms with Crippen molar-refractivity contribution < 1.29 is 13.8 Å². The fourth-order valence-corrected chi connectivity index (χ4v) is 1.27. The van der Waals surface area contributed by atoms with Crippen molar-refractivity contribution in [1.82, 2.24) is 5.16 Å². The molecule has 0 aliphatic rings. The number of anilines is 1. The van der Waals surface area contributed by atoms with Crippen molar-refractivity contribution in [1.29, 1.82) is 0 Å². The number of nitrogen functional groups attached to an aromatic ring is 1. The Kier molecular flexibility index (Phi) is 2.28. The minimum Gasteiger partial charge on any atom is -0.368 e. The molecule has 2 rings (SSSR count). The molecule has 2 aromatic rings. The van der Waals surface area contributed by atoms with Gasteiger partial charge in [-0.15, -0.1) is 0 Å². The second-order valence-electron chi connectivity index (χ2n) is 3.01. The highest BCUT2D eigenvalue weighted by Gasteiger charge is 2.19. The van der Waals surface area contributed by atoms with Gasteiger partial charge in [-0.25, -0.2) is 0 Å². The van der Waals surface area contributed by atoms with E-state index >= 15 is 0 Å². The Hall–Kier alpha value is -2.44. The first-order valence-corrected chi connectivity index (χ1v) is 4.25. The lowest BCUT2D eigenvalue weighted by Crippen LogP contribution is -1.94. The third kappa shape index (κ3) is 1.58. The van der Waals surface area contributed by atoms with E-state index in [0.29, 0.717) is 0 Å². The fraction of sp³-hybridized carbons (Fsp3) is 0. The van der Waals surface area contributed by atoms with Crippen molar-refractivity contribution in [3.63, 3.8) is 0 Å². The lowest BCUT2D eigenvalue weighted by molar-refractivity contribution is -0.387. The zero-order valence-corrected chi connectivity index (χ0v) is 7.88. The molecule has 0 unspecified atom stereocenters. The second kappa shape index (κ2) is 3.61. The number of nitrogens with two attached hydrogens (primary N) is 1. The smallest absolute Gasteiger partial charge is 0.305 e. The molecule has 0 radical (unpaired) electrons. The Morgan fingerprint density at radius 2 is 2.25 bits per heavy atom. The van der Waals surface area contributed by atoms with E-state index in [1.165, 1.54) is 18.2 Å². The highest BCUT2D eigenvalue weighted by molar-refractivity contribution is 5.65. The van der Waals surface area contributed by atoms with Crippen LogP contribution in [0.5, 0.6) is 0 Å². The lowest BCUT2D eigenvalue weighted by Gasteiger charge is -1.98. The molecule has 16 heavy (non-hydrogen) atoms. The van der Waals surface area contributed by atoms with E-state index in [4.69, 9.17) is 5.73 Å². The molecule has 0 fully saturated rings. The monoisotopic (exact) mass is 223 g/mol. The summed E-state index contributed by atoms with van der Waals surface area (Å²) in [5, 5.41) is 14.0. The van der Waals surface area contributed by atoms with Gasteiger partial charge >= 0.3 is 5.69 Å². The third-order valence-corrected chi connectivity index (χ3v) is 1.98. The zero-order valence-electron chi connectivity index (χ0n) is 7.88. The van der Waals surface area contributed by atoms with Crippen molar-refractivity contribution in [3.8, 4) is 11.3 Å². The first-order chi connectivity index (χ1) is 7.59. The van der Waals surface area contributed by atoms with Gasteiger partial charge in [0.05, 0.1) is 4.92 Å². The van der Waals surface area contributed by atoms with Gasteiger partial charge in [0.1, 0.15) is 5.69 Å². The molecule has 0 bridgehead atoms. The van der Waals surface area contributed by atoms with Gasteiger partial charge < -0.3 is 10.3 Å². The summed E-state index contributed by atoms with van der Waals surface area (Å²) < 4.78 is 18.2. The predicted octanol–water partition coefficient (Wildman–Crippen LogP) is 1.97. The topological polar surface area (TPSA) is 95.2 Å². The van der Waals surface area contributed by atoms with Gasteiger partial charge in [0.15, 0.2) is 0 Å². The number of benzene rings is 1. The van der Waals surface area contributed by atoms with Crippen molar-refractivity contribution in [2.45, 2.75) is 0 Å². The number of aromatic nitrogens is 1. The van der Waals surface area contributed by atoms with Crippen LogP contribution in [-0.2, 0) is 0 Å². The summed E-state index contributed by atoms with van der Waals surface area (Å²) in [5.41, 5.74) is 4.77. The summed E-state index contributed by atoms with van der Waals surface area (Å²) in [7, 11) is 0. The maximum Gasteiger partial charge on any atom is 0.305 e. The van der Waals surface area contributed by atoms with Crippen LogP contribution >= 0.6 is 0 Å². The van der Waals surface area contributed by atoms with Crippen LogP contribution in [-0.4, -0.2) is 10.1 Å². The third-order valence-electron chi connectivity index (χ3n) is 1.98. The summed E-state index contributed by atoms with van der Waals surface area (Å²) >= 11 is 0. The van der Waals surface area contributed by atoms with E-state index in [1.807, 2.05) is 0 Å². The standard InChI is InChI=1S/C9H6FN3O3/c10-9-5(6-4-8(11)16-12-6)2-1-3-7(9)13(14)15/h1-4H,11H2. The number of hydrogen-bond donors (Lipinski definition) is 1. The van der Waals surface area contributed by atoms with E-state index in [2.05, 4.69) is 9.68 Å².